The first-order chi connectivity index (χ1) is 14.1. The molecule has 4 rings (SSSR count). The summed E-state index contributed by atoms with van der Waals surface area (Å²) in [5.41, 5.74) is 4.68. The number of pyridine rings is 1. The van der Waals surface area contributed by atoms with Crippen molar-refractivity contribution < 1.29 is 32.0 Å². The Morgan fingerprint density at radius 1 is 1.13 bits per heavy atom. The van der Waals surface area contributed by atoms with E-state index in [-0.39, 0.29) is 5.82 Å². The molecule has 0 aliphatic heterocycles. The first-order valence-corrected chi connectivity index (χ1v) is 8.56. The van der Waals surface area contributed by atoms with Gasteiger partial charge in [-0.3, -0.25) is 4.98 Å². The number of nitrogens with zero attached hydrogens (tertiary/aromatic N) is 3. The van der Waals surface area contributed by atoms with Crippen molar-refractivity contribution in [2.45, 2.75) is 19.6 Å². The van der Waals surface area contributed by atoms with E-state index < -0.39 is 12.1 Å². The predicted molar refractivity (Wildman–Crippen MR) is 99.2 cm³/mol. The first-order valence-electron chi connectivity index (χ1n) is 8.56. The van der Waals surface area contributed by atoms with Gasteiger partial charge in [-0.05, 0) is 36.8 Å². The second-order valence-corrected chi connectivity index (χ2v) is 6.31. The van der Waals surface area contributed by atoms with Crippen molar-refractivity contribution in [2.24, 2.45) is 0 Å². The zero-order chi connectivity index (χ0) is 21.9. The van der Waals surface area contributed by atoms with Crippen molar-refractivity contribution in [1.82, 2.24) is 14.7 Å². The molecule has 0 bridgehead atoms. The molecule has 0 aliphatic rings. The van der Waals surface area contributed by atoms with Crippen molar-refractivity contribution in [2.75, 3.05) is 0 Å². The van der Waals surface area contributed by atoms with Gasteiger partial charge in [0.15, 0.2) is 0 Å². The molecule has 0 atom stereocenters. The number of hydrogen-bond acceptors (Lipinski definition) is 4. The maximum Gasteiger partial charge on any atom is 0.490 e. The Hall–Kier alpha value is -3.69. The van der Waals surface area contributed by atoms with E-state index in [1.807, 2.05) is 25.3 Å². The lowest BCUT2D eigenvalue weighted by atomic mass is 10.1. The van der Waals surface area contributed by atoms with Gasteiger partial charge < -0.3 is 14.2 Å². The van der Waals surface area contributed by atoms with E-state index in [4.69, 9.17) is 14.4 Å². The van der Waals surface area contributed by atoms with Gasteiger partial charge in [0.05, 0.1) is 17.6 Å². The van der Waals surface area contributed by atoms with E-state index in [1.54, 1.807) is 18.3 Å². The highest BCUT2D eigenvalue weighted by atomic mass is 19.4. The van der Waals surface area contributed by atoms with E-state index in [0.29, 0.717) is 6.54 Å². The summed E-state index contributed by atoms with van der Waals surface area (Å²) < 4.78 is 52.0. The van der Waals surface area contributed by atoms with Crippen LogP contribution < -0.4 is 0 Å². The van der Waals surface area contributed by atoms with Gasteiger partial charge in [-0.25, -0.2) is 9.18 Å². The number of fused-ring (bicyclic) bond motifs is 1. The van der Waals surface area contributed by atoms with Gasteiger partial charge in [-0.2, -0.15) is 13.2 Å². The lowest BCUT2D eigenvalue weighted by Crippen LogP contribution is -2.21. The molecule has 4 aromatic rings. The van der Waals surface area contributed by atoms with Gasteiger partial charge in [0.2, 0.25) is 0 Å². The fraction of sp³-hybridized carbons (Fsp3) is 0.150. The smallest absolute Gasteiger partial charge is 0.475 e. The van der Waals surface area contributed by atoms with Crippen LogP contribution in [0.4, 0.5) is 17.6 Å². The molecule has 0 unspecified atom stereocenters. The molecule has 0 amide bonds. The number of rotatable bonds is 3. The van der Waals surface area contributed by atoms with Gasteiger partial charge in [0.1, 0.15) is 17.3 Å². The number of aromatic nitrogens is 3. The van der Waals surface area contributed by atoms with Gasteiger partial charge >= 0.3 is 12.1 Å². The monoisotopic (exact) mass is 421 g/mol. The Kier molecular flexibility index (Phi) is 5.86. The van der Waals surface area contributed by atoms with Gasteiger partial charge in [0, 0.05) is 24.0 Å². The molecule has 10 heteroatoms. The topological polar surface area (TPSA) is 81.2 Å². The highest BCUT2D eigenvalue weighted by Gasteiger charge is 2.38. The number of aryl methyl sites for hydroxylation is 1. The Balaban J connectivity index is 0.000000318. The van der Waals surface area contributed by atoms with Crippen LogP contribution in [0.25, 0.3) is 22.2 Å². The minimum Gasteiger partial charge on any atom is -0.475 e. The van der Waals surface area contributed by atoms with E-state index in [2.05, 4.69) is 20.8 Å². The molecule has 0 radical (unpaired) electrons. The number of hydrogen-bond donors (Lipinski definition) is 1. The highest BCUT2D eigenvalue weighted by molar-refractivity contribution is 5.81. The Bertz CT molecular complexity index is 1160. The summed E-state index contributed by atoms with van der Waals surface area (Å²) in [4.78, 5) is 13.4. The lowest BCUT2D eigenvalue weighted by molar-refractivity contribution is -0.192. The number of alkyl halides is 3. The number of carboxylic acids is 1. The molecule has 0 aliphatic carbocycles. The Labute approximate surface area is 167 Å². The minimum absolute atomic E-state index is 0.243. The SMILES string of the molecule is Cc1cc(Cn2ccc3ncc(-c4ccc(F)cc4)cc32)no1.O=C(O)C(F)(F)F. The molecule has 3 aromatic heterocycles. The van der Waals surface area contributed by atoms with Gasteiger partial charge in [-0.1, -0.05) is 17.3 Å². The van der Waals surface area contributed by atoms with Crippen LogP contribution in [0.2, 0.25) is 0 Å². The summed E-state index contributed by atoms with van der Waals surface area (Å²) in [6.45, 7) is 2.49. The first kappa shape index (κ1) is 21.0. The van der Waals surface area contributed by atoms with Crippen LogP contribution in [0.15, 0.2) is 59.4 Å². The number of benzene rings is 1. The van der Waals surface area contributed by atoms with Crippen molar-refractivity contribution in [3.05, 3.63) is 72.1 Å². The van der Waals surface area contributed by atoms with Crippen molar-refractivity contribution in [3.63, 3.8) is 0 Å². The van der Waals surface area contributed by atoms with E-state index in [1.165, 1.54) is 12.1 Å². The number of halogens is 4. The van der Waals surface area contributed by atoms with Crippen LogP contribution >= 0.6 is 0 Å². The second kappa shape index (κ2) is 8.36. The highest BCUT2D eigenvalue weighted by Crippen LogP contribution is 2.24. The summed E-state index contributed by atoms with van der Waals surface area (Å²) in [5, 5.41) is 11.2. The molecule has 0 spiro atoms. The van der Waals surface area contributed by atoms with Crippen LogP contribution in [0.1, 0.15) is 11.5 Å². The molecule has 30 heavy (non-hydrogen) atoms. The third-order valence-corrected chi connectivity index (χ3v) is 4.05. The molecule has 1 aromatic carbocycles. The summed E-state index contributed by atoms with van der Waals surface area (Å²) in [7, 11) is 0. The molecule has 3 heterocycles. The van der Waals surface area contributed by atoms with E-state index in [0.717, 1.165) is 33.6 Å². The van der Waals surface area contributed by atoms with Crippen molar-refractivity contribution in [1.29, 1.82) is 0 Å². The quantitative estimate of drug-likeness (QED) is 0.480. The Morgan fingerprint density at radius 2 is 1.80 bits per heavy atom. The predicted octanol–water partition coefficient (Wildman–Crippen LogP) is 4.82. The zero-order valence-electron chi connectivity index (χ0n) is 15.5. The molecule has 0 fully saturated rings. The number of carboxylic acid groups (broad SMARTS) is 1. The molecule has 0 saturated carbocycles. The maximum atomic E-state index is 13.1. The zero-order valence-corrected chi connectivity index (χ0v) is 15.5. The van der Waals surface area contributed by atoms with E-state index >= 15 is 0 Å². The average Bonchev–Trinajstić information content (AvgIpc) is 3.28. The van der Waals surface area contributed by atoms with Gasteiger partial charge in [0.25, 0.3) is 0 Å². The van der Waals surface area contributed by atoms with Crippen LogP contribution in [0, 0.1) is 12.7 Å². The van der Waals surface area contributed by atoms with Crippen LogP contribution in [0.3, 0.4) is 0 Å². The summed E-state index contributed by atoms with van der Waals surface area (Å²) in [6.07, 6.45) is -1.30. The molecular formula is C20H15F4N3O3. The summed E-state index contributed by atoms with van der Waals surface area (Å²) in [5.74, 6) is -2.21. The Morgan fingerprint density at radius 3 is 2.37 bits per heavy atom. The molecular weight excluding hydrogens is 406 g/mol. The standard InChI is InChI=1S/C18H14FN3O.C2HF3O2/c1-12-8-16(21-23-12)11-22-7-6-17-18(22)9-14(10-20-17)13-2-4-15(19)5-3-13;3-2(4,5)1(6)7/h2-10H,11H2,1H3;(H,6,7). The molecule has 0 saturated heterocycles. The number of aliphatic carboxylic acids is 1. The van der Waals surface area contributed by atoms with E-state index in [9.17, 15) is 17.6 Å². The maximum absolute atomic E-state index is 13.1. The average molecular weight is 421 g/mol. The van der Waals surface area contributed by atoms with Crippen LogP contribution in [-0.4, -0.2) is 32.0 Å². The molecule has 156 valence electrons. The minimum atomic E-state index is -5.08. The number of carbonyl (C=O) groups is 1. The third kappa shape index (κ3) is 5.02. The fourth-order valence-electron chi connectivity index (χ4n) is 2.67. The largest absolute Gasteiger partial charge is 0.490 e. The fourth-order valence-corrected chi connectivity index (χ4v) is 2.67. The van der Waals surface area contributed by atoms with Gasteiger partial charge in [-0.15, -0.1) is 0 Å². The summed E-state index contributed by atoms with van der Waals surface area (Å²) in [6, 6.07) is 12.4. The second-order valence-electron chi connectivity index (χ2n) is 6.31. The van der Waals surface area contributed by atoms with Crippen molar-refractivity contribution >= 4 is 17.0 Å². The van der Waals surface area contributed by atoms with Crippen molar-refractivity contribution in [3.8, 4) is 11.1 Å². The summed E-state index contributed by atoms with van der Waals surface area (Å²) >= 11 is 0. The lowest BCUT2D eigenvalue weighted by Gasteiger charge is -2.05. The molecule has 6 nitrogen and oxygen atoms in total. The van der Waals surface area contributed by atoms with Crippen LogP contribution in [-0.2, 0) is 11.3 Å². The molecule has 1 N–H and O–H groups in total. The third-order valence-electron chi connectivity index (χ3n) is 4.05. The van der Waals surface area contributed by atoms with Crippen LogP contribution in [0.5, 0.6) is 0 Å². The normalized spacial score (nSPS) is 11.2.